The van der Waals surface area contributed by atoms with Gasteiger partial charge >= 0.3 is 0 Å². The van der Waals surface area contributed by atoms with Crippen LogP contribution in [0.25, 0.3) is 16.6 Å². The first kappa shape index (κ1) is 16.5. The SMILES string of the molecule is O=C(c1ccc2c(c1)[nH]c(=O)c1ccnn12)N1CCN(C2CCCC2)CC1. The highest BCUT2D eigenvalue weighted by molar-refractivity contribution is 5.97. The Morgan fingerprint density at radius 1 is 1.04 bits per heavy atom. The number of fused-ring (bicyclic) bond motifs is 3. The van der Waals surface area contributed by atoms with Crippen LogP contribution in [0.5, 0.6) is 0 Å². The van der Waals surface area contributed by atoms with E-state index in [4.69, 9.17) is 0 Å². The summed E-state index contributed by atoms with van der Waals surface area (Å²) in [5.74, 6) is 0.0318. The molecule has 0 bridgehead atoms. The number of hydrogen-bond acceptors (Lipinski definition) is 4. The molecule has 0 unspecified atom stereocenters. The van der Waals surface area contributed by atoms with Crippen molar-refractivity contribution in [1.29, 1.82) is 0 Å². The summed E-state index contributed by atoms with van der Waals surface area (Å²) >= 11 is 0. The van der Waals surface area contributed by atoms with Gasteiger partial charge in [-0.15, -0.1) is 0 Å². The number of rotatable bonds is 2. The molecule has 1 aliphatic carbocycles. The molecule has 3 heterocycles. The first-order valence-corrected chi connectivity index (χ1v) is 9.74. The Hall–Kier alpha value is -2.67. The number of H-pyrrole nitrogens is 1. The monoisotopic (exact) mass is 365 g/mol. The molecule has 1 saturated carbocycles. The van der Waals surface area contributed by atoms with Crippen molar-refractivity contribution < 1.29 is 4.79 Å². The van der Waals surface area contributed by atoms with Crippen LogP contribution in [0.2, 0.25) is 0 Å². The zero-order valence-corrected chi connectivity index (χ0v) is 15.2. The van der Waals surface area contributed by atoms with Crippen molar-refractivity contribution in [3.8, 4) is 0 Å². The molecule has 1 aliphatic heterocycles. The number of carbonyl (C=O) groups is 1. The van der Waals surface area contributed by atoms with Gasteiger partial charge in [0.1, 0.15) is 5.52 Å². The van der Waals surface area contributed by atoms with Gasteiger partial charge in [-0.3, -0.25) is 14.5 Å². The fraction of sp³-hybridized carbons (Fsp3) is 0.450. The molecule has 1 saturated heterocycles. The summed E-state index contributed by atoms with van der Waals surface area (Å²) in [7, 11) is 0. The van der Waals surface area contributed by atoms with E-state index in [0.717, 1.165) is 31.7 Å². The summed E-state index contributed by atoms with van der Waals surface area (Å²) in [6, 6.07) is 7.84. The minimum atomic E-state index is -0.199. The number of hydrogen-bond donors (Lipinski definition) is 1. The summed E-state index contributed by atoms with van der Waals surface area (Å²) in [6.45, 7) is 3.44. The number of amides is 1. The van der Waals surface area contributed by atoms with Crippen molar-refractivity contribution in [1.82, 2.24) is 24.4 Å². The average Bonchev–Trinajstić information content (AvgIpc) is 3.39. The highest BCUT2D eigenvalue weighted by atomic mass is 16.2. The number of aromatic amines is 1. The van der Waals surface area contributed by atoms with Gasteiger partial charge < -0.3 is 9.88 Å². The Bertz CT molecular complexity index is 1060. The lowest BCUT2D eigenvalue weighted by Crippen LogP contribution is -2.51. The second-order valence-electron chi connectivity index (χ2n) is 7.58. The number of piperazine rings is 1. The van der Waals surface area contributed by atoms with Crippen molar-refractivity contribution in [2.24, 2.45) is 0 Å². The van der Waals surface area contributed by atoms with E-state index in [-0.39, 0.29) is 11.5 Å². The third-order valence-electron chi connectivity index (χ3n) is 6.04. The van der Waals surface area contributed by atoms with Crippen LogP contribution >= 0.6 is 0 Å². The topological polar surface area (TPSA) is 73.7 Å². The van der Waals surface area contributed by atoms with Gasteiger partial charge in [-0.2, -0.15) is 5.10 Å². The Morgan fingerprint density at radius 3 is 2.59 bits per heavy atom. The van der Waals surface area contributed by atoms with Crippen molar-refractivity contribution in [3.05, 3.63) is 46.4 Å². The van der Waals surface area contributed by atoms with Crippen LogP contribution in [0.4, 0.5) is 0 Å². The van der Waals surface area contributed by atoms with E-state index in [0.29, 0.717) is 22.6 Å². The predicted octanol–water partition coefficient (Wildman–Crippen LogP) is 1.88. The number of aromatic nitrogens is 3. The number of carbonyl (C=O) groups excluding carboxylic acids is 1. The molecule has 7 nitrogen and oxygen atoms in total. The predicted molar refractivity (Wildman–Crippen MR) is 103 cm³/mol. The third kappa shape index (κ3) is 2.82. The van der Waals surface area contributed by atoms with Crippen LogP contribution in [-0.2, 0) is 0 Å². The Labute approximate surface area is 156 Å². The van der Waals surface area contributed by atoms with Crippen LogP contribution in [0.15, 0.2) is 35.3 Å². The smallest absolute Gasteiger partial charge is 0.274 e. The normalized spacial score (nSPS) is 19.3. The van der Waals surface area contributed by atoms with Gasteiger partial charge in [-0.25, -0.2) is 4.52 Å². The van der Waals surface area contributed by atoms with E-state index < -0.39 is 0 Å². The van der Waals surface area contributed by atoms with Gasteiger partial charge in [0.15, 0.2) is 0 Å². The molecular weight excluding hydrogens is 342 g/mol. The fourth-order valence-corrected chi connectivity index (χ4v) is 4.55. The lowest BCUT2D eigenvalue weighted by Gasteiger charge is -2.38. The second kappa shape index (κ2) is 6.49. The summed E-state index contributed by atoms with van der Waals surface area (Å²) < 4.78 is 1.61. The van der Waals surface area contributed by atoms with Gasteiger partial charge in [0.2, 0.25) is 0 Å². The van der Waals surface area contributed by atoms with Crippen LogP contribution in [0, 0.1) is 0 Å². The van der Waals surface area contributed by atoms with Gasteiger partial charge in [0.25, 0.3) is 11.5 Å². The van der Waals surface area contributed by atoms with E-state index in [2.05, 4.69) is 15.0 Å². The molecule has 0 atom stereocenters. The minimum Gasteiger partial charge on any atom is -0.336 e. The maximum atomic E-state index is 13.0. The highest BCUT2D eigenvalue weighted by Gasteiger charge is 2.28. The van der Waals surface area contributed by atoms with Crippen molar-refractivity contribution in [2.45, 2.75) is 31.7 Å². The molecule has 1 amide bonds. The summed E-state index contributed by atoms with van der Waals surface area (Å²) in [5, 5.41) is 4.21. The Balaban J connectivity index is 1.38. The summed E-state index contributed by atoms with van der Waals surface area (Å²) in [6.07, 6.45) is 6.87. The molecule has 3 aromatic rings. The van der Waals surface area contributed by atoms with Crippen molar-refractivity contribution >= 4 is 22.5 Å². The molecule has 1 N–H and O–H groups in total. The maximum Gasteiger partial charge on any atom is 0.274 e. The average molecular weight is 365 g/mol. The molecular formula is C20H23N5O2. The van der Waals surface area contributed by atoms with Crippen LogP contribution < -0.4 is 5.56 Å². The van der Waals surface area contributed by atoms with Gasteiger partial charge in [-0.1, -0.05) is 12.8 Å². The number of nitrogens with one attached hydrogen (secondary N) is 1. The number of benzene rings is 1. The number of nitrogens with zero attached hydrogens (tertiary/aromatic N) is 4. The van der Waals surface area contributed by atoms with Gasteiger partial charge in [0, 0.05) is 37.8 Å². The second-order valence-corrected chi connectivity index (χ2v) is 7.58. The Morgan fingerprint density at radius 2 is 1.81 bits per heavy atom. The molecule has 140 valence electrons. The molecule has 0 spiro atoms. The molecule has 0 radical (unpaired) electrons. The third-order valence-corrected chi connectivity index (χ3v) is 6.04. The largest absolute Gasteiger partial charge is 0.336 e. The van der Waals surface area contributed by atoms with E-state index >= 15 is 0 Å². The zero-order chi connectivity index (χ0) is 18.4. The molecule has 1 aromatic carbocycles. The molecule has 2 aromatic heterocycles. The quantitative estimate of drug-likeness (QED) is 0.752. The lowest BCUT2D eigenvalue weighted by molar-refractivity contribution is 0.0573. The standard InChI is InChI=1S/C20H23N5O2/c26-19-18-7-8-21-25(18)17-6-5-14(13-16(17)22-19)20(27)24-11-9-23(10-12-24)15-3-1-2-4-15/h5-8,13,15H,1-4,9-12H2,(H,22,26). The molecule has 2 aliphatic rings. The van der Waals surface area contributed by atoms with E-state index in [1.807, 2.05) is 17.0 Å². The summed E-state index contributed by atoms with van der Waals surface area (Å²) in [4.78, 5) is 32.5. The fourth-order valence-electron chi connectivity index (χ4n) is 4.55. The summed E-state index contributed by atoms with van der Waals surface area (Å²) in [5.41, 5.74) is 2.34. The van der Waals surface area contributed by atoms with E-state index in [1.165, 1.54) is 25.7 Å². The molecule has 27 heavy (non-hydrogen) atoms. The molecule has 2 fully saturated rings. The van der Waals surface area contributed by atoms with Crippen LogP contribution in [0.1, 0.15) is 36.0 Å². The van der Waals surface area contributed by atoms with E-state index in [9.17, 15) is 9.59 Å². The molecule has 5 rings (SSSR count). The van der Waals surface area contributed by atoms with Gasteiger partial charge in [-0.05, 0) is 37.1 Å². The van der Waals surface area contributed by atoms with Crippen molar-refractivity contribution in [3.63, 3.8) is 0 Å². The maximum absolute atomic E-state index is 13.0. The Kier molecular flexibility index (Phi) is 3.97. The van der Waals surface area contributed by atoms with Crippen molar-refractivity contribution in [2.75, 3.05) is 26.2 Å². The first-order valence-electron chi connectivity index (χ1n) is 9.74. The molecule has 7 heteroatoms. The highest BCUT2D eigenvalue weighted by Crippen LogP contribution is 2.24. The zero-order valence-electron chi connectivity index (χ0n) is 15.2. The van der Waals surface area contributed by atoms with E-state index in [1.54, 1.807) is 22.8 Å². The minimum absolute atomic E-state index is 0.0318. The van der Waals surface area contributed by atoms with Crippen LogP contribution in [0.3, 0.4) is 0 Å². The van der Waals surface area contributed by atoms with Gasteiger partial charge in [0.05, 0.1) is 17.2 Å². The van der Waals surface area contributed by atoms with Crippen LogP contribution in [-0.4, -0.2) is 62.5 Å². The lowest BCUT2D eigenvalue weighted by atomic mass is 10.1. The first-order chi connectivity index (χ1) is 13.2.